The van der Waals surface area contributed by atoms with Crippen LogP contribution in [0.1, 0.15) is 252 Å². The Bertz CT molecular complexity index is 593. The molecule has 0 fully saturated rings. The van der Waals surface area contributed by atoms with Crippen molar-refractivity contribution < 1.29 is 4.79 Å². The maximum absolute atomic E-state index is 13.3. The van der Waals surface area contributed by atoms with Gasteiger partial charge in [0, 0.05) is 26.7 Å². The van der Waals surface area contributed by atoms with Crippen molar-refractivity contribution in [2.45, 2.75) is 252 Å². The molecule has 47 heavy (non-hydrogen) atoms. The summed E-state index contributed by atoms with van der Waals surface area (Å²) in [6.45, 7) is 9.68. The summed E-state index contributed by atoms with van der Waals surface area (Å²) in [6.07, 6.45) is 49.6. The van der Waals surface area contributed by atoms with Gasteiger partial charge in [0.25, 0.3) is 0 Å². The van der Waals surface area contributed by atoms with Crippen molar-refractivity contribution in [2.75, 3.05) is 26.7 Å². The van der Waals surface area contributed by atoms with Crippen LogP contribution < -0.4 is 0 Å². The van der Waals surface area contributed by atoms with Gasteiger partial charge in [-0.25, -0.2) is 4.79 Å². The Morgan fingerprint density at radius 3 is 0.745 bits per heavy atom. The van der Waals surface area contributed by atoms with Crippen LogP contribution in [0.2, 0.25) is 0 Å². The second kappa shape index (κ2) is 39.7. The standard InChI is InChI=1S/C44H90N2O/c1-5-8-11-14-16-18-20-22-24-26-28-30-32-34-36-38-41-45(4)44(47)46(42-39-13-10-7-3)43-40-37-35-33-31-29-27-25-23-21-19-17-15-12-9-6-2/h5-43H2,1-4H3. The van der Waals surface area contributed by atoms with Gasteiger partial charge in [-0.3, -0.25) is 0 Å². The van der Waals surface area contributed by atoms with Crippen LogP contribution >= 0.6 is 0 Å². The van der Waals surface area contributed by atoms with Crippen molar-refractivity contribution in [1.29, 1.82) is 0 Å². The maximum atomic E-state index is 13.3. The van der Waals surface area contributed by atoms with E-state index in [4.69, 9.17) is 0 Å². The summed E-state index contributed by atoms with van der Waals surface area (Å²) in [5.74, 6) is 0. The molecule has 282 valence electrons. The van der Waals surface area contributed by atoms with Gasteiger partial charge in [0.05, 0.1) is 0 Å². The van der Waals surface area contributed by atoms with Gasteiger partial charge in [0.2, 0.25) is 0 Å². The van der Waals surface area contributed by atoms with Gasteiger partial charge in [-0.1, -0.05) is 233 Å². The first kappa shape index (κ1) is 46.3. The lowest BCUT2D eigenvalue weighted by molar-refractivity contribution is 0.159. The molecule has 0 unspecified atom stereocenters. The van der Waals surface area contributed by atoms with E-state index < -0.39 is 0 Å². The molecule has 0 saturated carbocycles. The average molecular weight is 663 g/mol. The predicted molar refractivity (Wildman–Crippen MR) is 213 cm³/mol. The molecule has 0 rings (SSSR count). The van der Waals surface area contributed by atoms with Crippen molar-refractivity contribution in [1.82, 2.24) is 9.80 Å². The molecular formula is C44H90N2O. The van der Waals surface area contributed by atoms with Crippen molar-refractivity contribution in [2.24, 2.45) is 0 Å². The van der Waals surface area contributed by atoms with Crippen LogP contribution in [0.4, 0.5) is 4.79 Å². The summed E-state index contributed by atoms with van der Waals surface area (Å²) in [5, 5.41) is 0. The van der Waals surface area contributed by atoms with Crippen molar-refractivity contribution >= 4 is 6.03 Å². The van der Waals surface area contributed by atoms with Crippen LogP contribution in [0.5, 0.6) is 0 Å². The van der Waals surface area contributed by atoms with E-state index in [1.54, 1.807) is 0 Å². The van der Waals surface area contributed by atoms with Crippen LogP contribution in [-0.4, -0.2) is 42.5 Å². The number of nitrogens with zero attached hydrogens (tertiary/aromatic N) is 2. The van der Waals surface area contributed by atoms with Gasteiger partial charge in [0.15, 0.2) is 0 Å². The fourth-order valence-electron chi connectivity index (χ4n) is 7.12. The maximum Gasteiger partial charge on any atom is 0.319 e. The highest BCUT2D eigenvalue weighted by Crippen LogP contribution is 2.16. The number of carbonyl (C=O) groups excluding carboxylic acids is 1. The molecule has 0 aromatic rings. The molecule has 0 atom stereocenters. The highest BCUT2D eigenvalue weighted by molar-refractivity contribution is 5.74. The molecule has 0 saturated heterocycles. The third kappa shape index (κ3) is 34.9. The van der Waals surface area contributed by atoms with E-state index >= 15 is 0 Å². The zero-order chi connectivity index (χ0) is 34.3. The quantitative estimate of drug-likeness (QED) is 0.0601. The van der Waals surface area contributed by atoms with E-state index in [-0.39, 0.29) is 6.03 Å². The second-order valence-corrected chi connectivity index (χ2v) is 15.4. The topological polar surface area (TPSA) is 23.6 Å². The van der Waals surface area contributed by atoms with Gasteiger partial charge in [-0.2, -0.15) is 0 Å². The first-order chi connectivity index (χ1) is 23.2. The Hall–Kier alpha value is -0.730. The third-order valence-electron chi connectivity index (χ3n) is 10.5. The molecule has 0 N–H and O–H groups in total. The molecule has 0 bridgehead atoms. The number of rotatable bonds is 39. The van der Waals surface area contributed by atoms with Gasteiger partial charge < -0.3 is 9.80 Å². The lowest BCUT2D eigenvalue weighted by Crippen LogP contribution is -2.42. The van der Waals surface area contributed by atoms with E-state index in [2.05, 4.69) is 25.7 Å². The lowest BCUT2D eigenvalue weighted by atomic mass is 10.0. The third-order valence-corrected chi connectivity index (χ3v) is 10.5. The minimum Gasteiger partial charge on any atom is -0.328 e. The zero-order valence-corrected chi connectivity index (χ0v) is 33.4. The summed E-state index contributed by atoms with van der Waals surface area (Å²) in [4.78, 5) is 17.6. The average Bonchev–Trinajstić information content (AvgIpc) is 3.08. The molecule has 3 nitrogen and oxygen atoms in total. The Morgan fingerprint density at radius 2 is 0.489 bits per heavy atom. The van der Waals surface area contributed by atoms with Crippen molar-refractivity contribution in [3.05, 3.63) is 0 Å². The monoisotopic (exact) mass is 663 g/mol. The Morgan fingerprint density at radius 1 is 0.298 bits per heavy atom. The molecular weight excluding hydrogens is 572 g/mol. The number of amides is 2. The smallest absolute Gasteiger partial charge is 0.319 e. The summed E-state index contributed by atoms with van der Waals surface area (Å²) >= 11 is 0. The fourth-order valence-corrected chi connectivity index (χ4v) is 7.12. The molecule has 0 heterocycles. The van der Waals surface area contributed by atoms with Gasteiger partial charge in [-0.15, -0.1) is 0 Å². The molecule has 0 aliphatic rings. The second-order valence-electron chi connectivity index (χ2n) is 15.4. The van der Waals surface area contributed by atoms with Gasteiger partial charge in [0.1, 0.15) is 0 Å². The van der Waals surface area contributed by atoms with E-state index in [1.807, 2.05) is 11.9 Å². The van der Waals surface area contributed by atoms with Crippen LogP contribution in [-0.2, 0) is 0 Å². The van der Waals surface area contributed by atoms with Gasteiger partial charge in [-0.05, 0) is 19.3 Å². The van der Waals surface area contributed by atoms with Crippen LogP contribution in [0, 0.1) is 0 Å². The van der Waals surface area contributed by atoms with Crippen LogP contribution in [0.15, 0.2) is 0 Å². The summed E-state index contributed by atoms with van der Waals surface area (Å²) < 4.78 is 0. The van der Waals surface area contributed by atoms with E-state index in [9.17, 15) is 4.79 Å². The largest absolute Gasteiger partial charge is 0.328 e. The zero-order valence-electron chi connectivity index (χ0n) is 33.4. The van der Waals surface area contributed by atoms with Crippen molar-refractivity contribution in [3.8, 4) is 0 Å². The molecule has 2 amide bonds. The number of urea groups is 1. The number of hydrogen-bond acceptors (Lipinski definition) is 1. The van der Waals surface area contributed by atoms with Crippen LogP contribution in [0.3, 0.4) is 0 Å². The molecule has 0 spiro atoms. The summed E-state index contributed by atoms with van der Waals surface area (Å²) in [5.41, 5.74) is 0. The van der Waals surface area contributed by atoms with E-state index in [0.29, 0.717) is 0 Å². The van der Waals surface area contributed by atoms with Crippen LogP contribution in [0.25, 0.3) is 0 Å². The van der Waals surface area contributed by atoms with E-state index in [1.165, 1.54) is 218 Å². The molecule has 0 radical (unpaired) electrons. The number of hydrogen-bond donors (Lipinski definition) is 0. The predicted octanol–water partition coefficient (Wildman–Crippen LogP) is 15.4. The lowest BCUT2D eigenvalue weighted by Gasteiger charge is -2.28. The highest BCUT2D eigenvalue weighted by atomic mass is 16.2. The Kier molecular flexibility index (Phi) is 39.1. The van der Waals surface area contributed by atoms with E-state index in [0.717, 1.165) is 32.5 Å². The highest BCUT2D eigenvalue weighted by Gasteiger charge is 2.17. The molecule has 0 aromatic heterocycles. The minimum atomic E-state index is 0.281. The first-order valence-electron chi connectivity index (χ1n) is 22.2. The molecule has 3 heteroatoms. The molecule has 0 aliphatic heterocycles. The summed E-state index contributed by atoms with van der Waals surface area (Å²) in [6, 6.07) is 0.281. The molecule has 0 aromatic carbocycles. The Labute approximate surface area is 298 Å². The first-order valence-corrected chi connectivity index (χ1v) is 22.2. The number of unbranched alkanes of at least 4 members (excludes halogenated alkanes) is 33. The van der Waals surface area contributed by atoms with Gasteiger partial charge >= 0.3 is 6.03 Å². The normalized spacial score (nSPS) is 11.4. The van der Waals surface area contributed by atoms with Crippen molar-refractivity contribution in [3.63, 3.8) is 0 Å². The Balaban J connectivity index is 3.85. The number of carbonyl (C=O) groups is 1. The summed E-state index contributed by atoms with van der Waals surface area (Å²) in [7, 11) is 2.04. The fraction of sp³-hybridized carbons (Fsp3) is 0.977. The minimum absolute atomic E-state index is 0.281. The molecule has 0 aliphatic carbocycles. The SMILES string of the molecule is CCCCCCCCCCCCCCCCCCN(C)C(=O)N(CCCCCC)CCCCCCCCCCCCCCCCCC.